The predicted molar refractivity (Wildman–Crippen MR) is 180 cm³/mol. The van der Waals surface area contributed by atoms with Crippen LogP contribution in [0.1, 0.15) is 78.2 Å². The first-order valence-electron chi connectivity index (χ1n) is 16.2. The molecule has 4 atom stereocenters. The summed E-state index contributed by atoms with van der Waals surface area (Å²) in [5, 5.41) is 20.3. The van der Waals surface area contributed by atoms with Crippen molar-refractivity contribution in [2.75, 3.05) is 0 Å². The van der Waals surface area contributed by atoms with Crippen molar-refractivity contribution in [2.24, 2.45) is 0 Å². The lowest BCUT2D eigenvalue weighted by molar-refractivity contribution is -0.249. The molecule has 46 heavy (non-hydrogen) atoms. The first kappa shape index (κ1) is 33.6. The molecule has 1 aliphatic heterocycles. The van der Waals surface area contributed by atoms with Gasteiger partial charge >= 0.3 is 5.97 Å². The number of aryl methyl sites for hydroxylation is 2. The second kappa shape index (κ2) is 15.7. The molecule has 6 nitrogen and oxygen atoms in total. The van der Waals surface area contributed by atoms with Gasteiger partial charge in [0.25, 0.3) is 0 Å². The number of hydrogen-bond acceptors (Lipinski definition) is 5. The van der Waals surface area contributed by atoms with Crippen LogP contribution < -0.4 is 0 Å². The third kappa shape index (κ3) is 9.36. The monoisotopic (exact) mass is 622 g/mol. The topological polar surface area (TPSA) is 85.2 Å². The fourth-order valence-electron chi connectivity index (χ4n) is 6.10. The molecule has 0 bridgehead atoms. The largest absolute Gasteiger partial charge is 0.481 e. The van der Waals surface area contributed by atoms with E-state index in [1.165, 1.54) is 16.7 Å². The van der Waals surface area contributed by atoms with Crippen molar-refractivity contribution in [3.63, 3.8) is 0 Å². The summed E-state index contributed by atoms with van der Waals surface area (Å²) in [5.41, 5.74) is 6.77. The lowest BCUT2D eigenvalue weighted by Gasteiger charge is -2.46. The molecule has 1 saturated heterocycles. The molecule has 0 radical (unpaired) electrons. The van der Waals surface area contributed by atoms with Gasteiger partial charge in [0.15, 0.2) is 0 Å². The van der Waals surface area contributed by atoms with Crippen molar-refractivity contribution in [2.45, 2.75) is 96.1 Å². The van der Waals surface area contributed by atoms with E-state index in [1.807, 2.05) is 48.5 Å². The normalized spacial score (nSPS) is 20.0. The van der Waals surface area contributed by atoms with Crippen molar-refractivity contribution in [1.29, 1.82) is 0 Å². The number of ether oxygens (including phenoxy) is 3. The highest BCUT2D eigenvalue weighted by Crippen LogP contribution is 2.39. The number of carboxylic acids is 1. The lowest BCUT2D eigenvalue weighted by atomic mass is 9.85. The summed E-state index contributed by atoms with van der Waals surface area (Å²) < 4.78 is 19.9. The van der Waals surface area contributed by atoms with E-state index in [-0.39, 0.29) is 18.6 Å². The van der Waals surface area contributed by atoms with Gasteiger partial charge in [0.05, 0.1) is 31.0 Å². The molecule has 5 rings (SSSR count). The first-order valence-corrected chi connectivity index (χ1v) is 16.2. The molecule has 4 aromatic rings. The Bertz CT molecular complexity index is 1530. The zero-order valence-electron chi connectivity index (χ0n) is 27.1. The van der Waals surface area contributed by atoms with Gasteiger partial charge in [-0.15, -0.1) is 0 Å². The zero-order chi connectivity index (χ0) is 32.5. The first-order chi connectivity index (χ1) is 22.2. The van der Waals surface area contributed by atoms with Crippen molar-refractivity contribution < 1.29 is 29.2 Å². The Morgan fingerprint density at radius 2 is 1.43 bits per heavy atom. The van der Waals surface area contributed by atoms with E-state index < -0.39 is 23.8 Å². The summed E-state index contributed by atoms with van der Waals surface area (Å²) in [6.07, 6.45) is 1.25. The van der Waals surface area contributed by atoms with Gasteiger partial charge in [-0.25, -0.2) is 0 Å². The quantitative estimate of drug-likeness (QED) is 0.150. The highest BCUT2D eigenvalue weighted by molar-refractivity contribution is 5.66. The minimum absolute atomic E-state index is 0.184. The number of benzene rings is 4. The smallest absolute Gasteiger partial charge is 0.303 e. The summed E-state index contributed by atoms with van der Waals surface area (Å²) in [4.78, 5) is 10.9. The van der Waals surface area contributed by atoms with Crippen LogP contribution in [0.15, 0.2) is 103 Å². The molecular formula is C40H46O6. The third-order valence-electron chi connectivity index (χ3n) is 8.73. The Morgan fingerprint density at radius 1 is 0.826 bits per heavy atom. The van der Waals surface area contributed by atoms with E-state index in [9.17, 15) is 9.90 Å². The number of carbonyl (C=O) groups is 1. The van der Waals surface area contributed by atoms with Crippen LogP contribution in [0.4, 0.5) is 0 Å². The molecule has 0 amide bonds. The second-order valence-corrected chi connectivity index (χ2v) is 13.0. The summed E-state index contributed by atoms with van der Waals surface area (Å²) >= 11 is 0. The van der Waals surface area contributed by atoms with Crippen molar-refractivity contribution in [1.82, 2.24) is 0 Å². The Kier molecular flexibility index (Phi) is 11.4. The second-order valence-electron chi connectivity index (χ2n) is 13.0. The predicted octanol–water partition coefficient (Wildman–Crippen LogP) is 7.76. The summed E-state index contributed by atoms with van der Waals surface area (Å²) in [5.74, 6) is -0.757. The Labute approximate surface area is 273 Å². The molecule has 242 valence electrons. The van der Waals surface area contributed by atoms with Gasteiger partial charge < -0.3 is 24.4 Å². The van der Waals surface area contributed by atoms with Gasteiger partial charge in [0, 0.05) is 12.8 Å². The SMILES string of the molecule is Cc1ccc([C@H]2C[C@@H](OCc3ccccc3)[C@H](OCc3ccccc3)C(C(C)(C)O)O2)cc1Cc1ccc(CCCC(=O)O)cc1. The highest BCUT2D eigenvalue weighted by Gasteiger charge is 2.47. The van der Waals surface area contributed by atoms with Gasteiger partial charge in [-0.2, -0.15) is 0 Å². The molecule has 1 aliphatic rings. The van der Waals surface area contributed by atoms with Gasteiger partial charge in [0.2, 0.25) is 0 Å². The maximum Gasteiger partial charge on any atom is 0.303 e. The zero-order valence-corrected chi connectivity index (χ0v) is 27.1. The average molecular weight is 623 g/mol. The van der Waals surface area contributed by atoms with E-state index in [0.717, 1.165) is 35.1 Å². The highest BCUT2D eigenvalue weighted by atomic mass is 16.6. The molecule has 1 heterocycles. The Hall–Kier alpha value is -3.81. The molecule has 2 N–H and O–H groups in total. The summed E-state index contributed by atoms with van der Waals surface area (Å²) in [7, 11) is 0. The fraction of sp³-hybridized carbons (Fsp3) is 0.375. The van der Waals surface area contributed by atoms with Gasteiger partial charge in [-0.1, -0.05) is 103 Å². The van der Waals surface area contributed by atoms with E-state index in [2.05, 4.69) is 61.5 Å². The lowest BCUT2D eigenvalue weighted by Crippen LogP contribution is -2.57. The van der Waals surface area contributed by atoms with E-state index in [4.69, 9.17) is 19.3 Å². The van der Waals surface area contributed by atoms with Crippen LogP contribution in [0.3, 0.4) is 0 Å². The molecule has 0 spiro atoms. The number of aliphatic hydroxyl groups is 1. The van der Waals surface area contributed by atoms with Crippen LogP contribution in [-0.2, 0) is 45.1 Å². The minimum Gasteiger partial charge on any atom is -0.481 e. The molecular weight excluding hydrogens is 576 g/mol. The van der Waals surface area contributed by atoms with Gasteiger partial charge in [0.1, 0.15) is 12.2 Å². The van der Waals surface area contributed by atoms with Crippen LogP contribution in [0.5, 0.6) is 0 Å². The van der Waals surface area contributed by atoms with Crippen LogP contribution in [0.2, 0.25) is 0 Å². The van der Waals surface area contributed by atoms with Crippen LogP contribution >= 0.6 is 0 Å². The number of rotatable bonds is 14. The molecule has 6 heteroatoms. The van der Waals surface area contributed by atoms with Crippen LogP contribution in [-0.4, -0.2) is 40.1 Å². The standard InChI is InChI=1S/C40H46O6/c1-28-17-22-33(24-34(28)23-30-20-18-29(19-21-30)15-10-16-37(41)42)35-25-36(44-26-31-11-6-4-7-12-31)38(39(46-35)40(2,3)43)45-27-32-13-8-5-9-14-32/h4-9,11-14,17-22,24,35-36,38-39,43H,10,15-16,23,25-27H2,1-3H3,(H,41,42)/t35-,36-,38+,39?/m1/s1. The fourth-order valence-corrected chi connectivity index (χ4v) is 6.10. The maximum atomic E-state index is 11.4. The van der Waals surface area contributed by atoms with E-state index in [0.29, 0.717) is 26.1 Å². The van der Waals surface area contributed by atoms with Crippen LogP contribution in [0.25, 0.3) is 0 Å². The third-order valence-corrected chi connectivity index (χ3v) is 8.73. The Morgan fingerprint density at radius 3 is 2.04 bits per heavy atom. The molecule has 0 saturated carbocycles. The maximum absolute atomic E-state index is 11.4. The van der Waals surface area contributed by atoms with Crippen molar-refractivity contribution in [3.05, 3.63) is 142 Å². The molecule has 1 unspecified atom stereocenters. The summed E-state index contributed by atoms with van der Waals surface area (Å²) in [6.45, 7) is 6.51. The van der Waals surface area contributed by atoms with Crippen molar-refractivity contribution in [3.8, 4) is 0 Å². The molecule has 4 aromatic carbocycles. The molecule has 0 aliphatic carbocycles. The number of carboxylic acid groups (broad SMARTS) is 1. The molecule has 0 aromatic heterocycles. The minimum atomic E-state index is -1.17. The average Bonchev–Trinajstić information content (AvgIpc) is 3.05. The van der Waals surface area contributed by atoms with Crippen molar-refractivity contribution >= 4 is 5.97 Å². The van der Waals surface area contributed by atoms with E-state index >= 15 is 0 Å². The molecule has 1 fully saturated rings. The number of hydrogen-bond donors (Lipinski definition) is 2. The Balaban J connectivity index is 1.36. The summed E-state index contributed by atoms with van der Waals surface area (Å²) in [6, 6.07) is 35.1. The number of aliphatic carboxylic acids is 1. The van der Waals surface area contributed by atoms with Gasteiger partial charge in [-0.3, -0.25) is 4.79 Å². The van der Waals surface area contributed by atoms with Gasteiger partial charge in [-0.05, 0) is 79.0 Å². The van der Waals surface area contributed by atoms with Crippen LogP contribution in [0, 0.1) is 6.92 Å². The van der Waals surface area contributed by atoms with E-state index in [1.54, 1.807) is 13.8 Å².